The maximum atomic E-state index is 13.7. The second-order valence-electron chi connectivity index (χ2n) is 8.70. The van der Waals surface area contributed by atoms with Crippen molar-refractivity contribution < 1.29 is 23.6 Å². The summed E-state index contributed by atoms with van der Waals surface area (Å²) in [5, 5.41) is 5.64. The Morgan fingerprint density at radius 1 is 1.06 bits per heavy atom. The van der Waals surface area contributed by atoms with Crippen LogP contribution in [0.15, 0.2) is 71.6 Å². The largest absolute Gasteiger partial charge is 0.459 e. The van der Waals surface area contributed by atoms with Crippen LogP contribution in [-0.2, 0) is 9.59 Å². The molecule has 1 fully saturated rings. The first-order valence-corrected chi connectivity index (χ1v) is 11.9. The van der Waals surface area contributed by atoms with Crippen LogP contribution >= 0.6 is 0 Å². The number of amides is 3. The van der Waals surface area contributed by atoms with E-state index in [4.69, 9.17) is 4.42 Å². The lowest BCUT2D eigenvalue weighted by atomic mass is 10.0. The molecule has 4 rings (SSSR count). The van der Waals surface area contributed by atoms with Gasteiger partial charge in [-0.25, -0.2) is 0 Å². The second-order valence-corrected chi connectivity index (χ2v) is 8.70. The van der Waals surface area contributed by atoms with Crippen LogP contribution in [0.5, 0.6) is 0 Å². The summed E-state index contributed by atoms with van der Waals surface area (Å²) in [6.07, 6.45) is 8.30. The molecule has 3 amide bonds. The van der Waals surface area contributed by atoms with Crippen LogP contribution < -0.4 is 15.5 Å². The average Bonchev–Trinajstić information content (AvgIpc) is 3.61. The van der Waals surface area contributed by atoms with Crippen LogP contribution in [0.2, 0.25) is 0 Å². The Bertz CT molecular complexity index is 1220. The van der Waals surface area contributed by atoms with Crippen LogP contribution in [0.1, 0.15) is 65.1 Å². The van der Waals surface area contributed by atoms with Crippen LogP contribution in [-0.4, -0.2) is 41.1 Å². The molecule has 0 aliphatic heterocycles. The number of pyridine rings is 1. The summed E-state index contributed by atoms with van der Waals surface area (Å²) in [6.45, 7) is 1.05. The molecule has 9 nitrogen and oxygen atoms in total. The van der Waals surface area contributed by atoms with Crippen molar-refractivity contribution in [2.45, 2.75) is 44.7 Å². The maximum Gasteiger partial charge on any atom is 0.287 e. The lowest BCUT2D eigenvalue weighted by molar-refractivity contribution is -0.126. The van der Waals surface area contributed by atoms with E-state index in [0.29, 0.717) is 16.8 Å². The molecule has 0 bridgehead atoms. The molecule has 2 heterocycles. The van der Waals surface area contributed by atoms with E-state index in [1.54, 1.807) is 54.9 Å². The smallest absolute Gasteiger partial charge is 0.287 e. The van der Waals surface area contributed by atoms with E-state index in [1.165, 1.54) is 24.2 Å². The Morgan fingerprint density at radius 3 is 2.47 bits per heavy atom. The second kappa shape index (κ2) is 11.4. The molecular weight excluding hydrogens is 460 g/mol. The summed E-state index contributed by atoms with van der Waals surface area (Å²) < 4.78 is 5.10. The molecular formula is C27H28N4O5. The Labute approximate surface area is 208 Å². The summed E-state index contributed by atoms with van der Waals surface area (Å²) >= 11 is 0. The zero-order valence-corrected chi connectivity index (χ0v) is 20.0. The van der Waals surface area contributed by atoms with Gasteiger partial charge >= 0.3 is 0 Å². The van der Waals surface area contributed by atoms with Gasteiger partial charge in [-0.1, -0.05) is 25.0 Å². The number of carbonyl (C=O) groups excluding carboxylic acids is 4. The first-order valence-electron chi connectivity index (χ1n) is 11.9. The topological polar surface area (TPSA) is 122 Å². The number of furan rings is 1. The molecule has 2 N–H and O–H groups in total. The number of aromatic nitrogens is 1. The van der Waals surface area contributed by atoms with Crippen molar-refractivity contribution in [2.75, 3.05) is 11.4 Å². The molecule has 1 saturated carbocycles. The zero-order valence-electron chi connectivity index (χ0n) is 20.0. The van der Waals surface area contributed by atoms with Gasteiger partial charge in [0.15, 0.2) is 11.5 Å². The number of ketones is 1. The Hall–Kier alpha value is -4.27. The monoisotopic (exact) mass is 488 g/mol. The molecule has 186 valence electrons. The first kappa shape index (κ1) is 24.8. The van der Waals surface area contributed by atoms with Gasteiger partial charge in [0.05, 0.1) is 12.8 Å². The lowest BCUT2D eigenvalue weighted by Crippen LogP contribution is -2.49. The molecule has 1 aromatic carbocycles. The highest BCUT2D eigenvalue weighted by molar-refractivity contribution is 6.05. The van der Waals surface area contributed by atoms with E-state index < -0.39 is 17.9 Å². The average molecular weight is 489 g/mol. The van der Waals surface area contributed by atoms with Gasteiger partial charge in [-0.3, -0.25) is 29.1 Å². The normalized spacial score (nSPS) is 14.1. The van der Waals surface area contributed by atoms with Gasteiger partial charge in [-0.15, -0.1) is 0 Å². The van der Waals surface area contributed by atoms with Gasteiger partial charge in [-0.05, 0) is 61.7 Å². The molecule has 1 aliphatic rings. The molecule has 2 aromatic heterocycles. The minimum absolute atomic E-state index is 0.0287. The summed E-state index contributed by atoms with van der Waals surface area (Å²) in [6, 6.07) is 11.9. The quantitative estimate of drug-likeness (QED) is 0.445. The number of anilines is 1. The Morgan fingerprint density at radius 2 is 1.81 bits per heavy atom. The van der Waals surface area contributed by atoms with Crippen LogP contribution in [0.4, 0.5) is 5.69 Å². The number of benzene rings is 1. The minimum Gasteiger partial charge on any atom is -0.459 e. The highest BCUT2D eigenvalue weighted by Crippen LogP contribution is 2.30. The van der Waals surface area contributed by atoms with Crippen molar-refractivity contribution in [3.63, 3.8) is 0 Å². The summed E-state index contributed by atoms with van der Waals surface area (Å²) in [5.74, 6) is -1.53. The molecule has 1 aliphatic carbocycles. The van der Waals surface area contributed by atoms with Crippen LogP contribution in [0, 0.1) is 0 Å². The number of carbonyl (C=O) groups is 4. The highest BCUT2D eigenvalue weighted by atomic mass is 16.3. The number of nitrogens with zero attached hydrogens (tertiary/aromatic N) is 2. The molecule has 3 aromatic rings. The number of hydrogen-bond donors (Lipinski definition) is 2. The van der Waals surface area contributed by atoms with Gasteiger partial charge in [0.1, 0.15) is 6.04 Å². The summed E-state index contributed by atoms with van der Waals surface area (Å²) in [5.41, 5.74) is 1.32. The van der Waals surface area contributed by atoms with E-state index in [-0.39, 0.29) is 30.0 Å². The van der Waals surface area contributed by atoms with Gasteiger partial charge in [-0.2, -0.15) is 0 Å². The fourth-order valence-corrected chi connectivity index (χ4v) is 4.36. The van der Waals surface area contributed by atoms with Gasteiger partial charge in [0, 0.05) is 29.7 Å². The van der Waals surface area contributed by atoms with Gasteiger partial charge in [0.25, 0.3) is 5.91 Å². The van der Waals surface area contributed by atoms with Crippen molar-refractivity contribution in [1.82, 2.24) is 15.6 Å². The third-order valence-electron chi connectivity index (χ3n) is 6.17. The van der Waals surface area contributed by atoms with Crippen molar-refractivity contribution in [3.8, 4) is 0 Å². The molecule has 9 heteroatoms. The SMILES string of the molecule is CC(=O)c1cccc(N(C(=O)CNC(=O)c2ccco2)[C@@H](C(=O)NC2CCCC2)c2ccncc2)c1. The summed E-state index contributed by atoms with van der Waals surface area (Å²) in [4.78, 5) is 57.2. The van der Waals surface area contributed by atoms with Crippen molar-refractivity contribution in [3.05, 3.63) is 84.1 Å². The molecule has 1 atom stereocenters. The van der Waals surface area contributed by atoms with E-state index in [1.807, 2.05) is 0 Å². The number of rotatable bonds is 9. The van der Waals surface area contributed by atoms with E-state index in [2.05, 4.69) is 15.6 Å². The highest BCUT2D eigenvalue weighted by Gasteiger charge is 2.34. The third kappa shape index (κ3) is 5.86. The van der Waals surface area contributed by atoms with Crippen LogP contribution in [0.3, 0.4) is 0 Å². The fraction of sp³-hybridized carbons (Fsp3) is 0.296. The fourth-order valence-electron chi connectivity index (χ4n) is 4.36. The number of Topliss-reactive ketones (excluding diaryl/α,β-unsaturated/α-hetero) is 1. The Kier molecular flexibility index (Phi) is 7.89. The van der Waals surface area contributed by atoms with Crippen molar-refractivity contribution in [1.29, 1.82) is 0 Å². The first-order chi connectivity index (χ1) is 17.4. The molecule has 36 heavy (non-hydrogen) atoms. The van der Waals surface area contributed by atoms with Gasteiger partial charge in [0.2, 0.25) is 11.8 Å². The van der Waals surface area contributed by atoms with E-state index >= 15 is 0 Å². The summed E-state index contributed by atoms with van der Waals surface area (Å²) in [7, 11) is 0. The van der Waals surface area contributed by atoms with E-state index in [0.717, 1.165) is 25.7 Å². The molecule has 0 spiro atoms. The predicted molar refractivity (Wildman–Crippen MR) is 132 cm³/mol. The standard InChI is InChI=1S/C27H28N4O5/c1-18(32)20-6-4-9-22(16-20)31(24(33)17-29-26(34)23-10-5-15-36-23)25(19-11-13-28-14-12-19)27(35)30-21-7-2-3-8-21/h4-6,9-16,21,25H,2-3,7-8,17H2,1H3,(H,29,34)(H,30,35)/t25-/m1/s1. The molecule has 0 saturated heterocycles. The van der Waals surface area contributed by atoms with Crippen molar-refractivity contribution >= 4 is 29.2 Å². The maximum absolute atomic E-state index is 13.7. The van der Waals surface area contributed by atoms with Crippen LogP contribution in [0.25, 0.3) is 0 Å². The number of hydrogen-bond acceptors (Lipinski definition) is 6. The predicted octanol–water partition coefficient (Wildman–Crippen LogP) is 3.44. The van der Waals surface area contributed by atoms with Crippen molar-refractivity contribution in [2.24, 2.45) is 0 Å². The van der Waals surface area contributed by atoms with E-state index in [9.17, 15) is 19.2 Å². The number of nitrogens with one attached hydrogen (secondary N) is 2. The Balaban J connectivity index is 1.70. The lowest BCUT2D eigenvalue weighted by Gasteiger charge is -2.32. The zero-order chi connectivity index (χ0) is 25.5. The molecule has 0 unspecified atom stereocenters. The molecule has 0 radical (unpaired) electrons. The third-order valence-corrected chi connectivity index (χ3v) is 6.17. The van der Waals surface area contributed by atoms with Gasteiger partial charge < -0.3 is 15.1 Å². The minimum atomic E-state index is -1.04.